The second-order valence-corrected chi connectivity index (χ2v) is 3.23. The molecule has 78 valence electrons. The number of rotatable bonds is 0. The smallest absolute Gasteiger partial charge is 0.328 e. The van der Waals surface area contributed by atoms with Gasteiger partial charge in [0.15, 0.2) is 11.2 Å². The van der Waals surface area contributed by atoms with Gasteiger partial charge in [-0.15, -0.1) is 0 Å². The van der Waals surface area contributed by atoms with Gasteiger partial charge in [-0.25, -0.2) is 9.78 Å². The van der Waals surface area contributed by atoms with Crippen molar-refractivity contribution in [3.8, 4) is 0 Å². The summed E-state index contributed by atoms with van der Waals surface area (Å²) >= 11 is 0. The van der Waals surface area contributed by atoms with E-state index in [4.69, 9.17) is 0 Å². The Hall–Kier alpha value is -0.928. The fourth-order valence-corrected chi connectivity index (χ4v) is 1.47. The molecule has 0 spiro atoms. The quantitative estimate of drug-likeness (QED) is 0.510. The van der Waals surface area contributed by atoms with Crippen LogP contribution in [0.4, 0.5) is 0 Å². The van der Waals surface area contributed by atoms with Gasteiger partial charge in [0, 0.05) is 48.4 Å². The van der Waals surface area contributed by atoms with Crippen LogP contribution in [-0.4, -0.2) is 46.0 Å². The van der Waals surface area contributed by atoms with Crippen molar-refractivity contribution in [1.29, 1.82) is 0 Å². The van der Waals surface area contributed by atoms with E-state index in [0.29, 0.717) is 11.2 Å². The molecule has 0 saturated carbocycles. The summed E-state index contributed by atoms with van der Waals surface area (Å²) in [6.07, 6.45) is 1.52. The summed E-state index contributed by atoms with van der Waals surface area (Å²) in [5, 5.41) is 0. The molecule has 0 saturated heterocycles. The maximum absolute atomic E-state index is 11.7. The minimum Gasteiger partial charge on any atom is -0.328 e. The van der Waals surface area contributed by atoms with Gasteiger partial charge < -0.3 is 4.57 Å². The predicted octanol–water partition coefficient (Wildman–Crippen LogP) is -1.41. The Morgan fingerprint density at radius 2 is 1.73 bits per heavy atom. The van der Waals surface area contributed by atoms with E-state index < -0.39 is 0 Å². The summed E-state index contributed by atoms with van der Waals surface area (Å²) in [7, 11) is 4.77. The average Bonchev–Trinajstić information content (AvgIpc) is 2.54. The Balaban J connectivity index is 0.00000112. The average molecular weight is 401 g/mol. The molecule has 0 unspecified atom stereocenters. The van der Waals surface area contributed by atoms with Crippen LogP contribution in [0, 0.1) is 0 Å². The molecule has 0 fully saturated rings. The van der Waals surface area contributed by atoms with Gasteiger partial charge in [0.2, 0.25) is 0 Å². The van der Waals surface area contributed by atoms with Crippen molar-refractivity contribution in [1.82, 2.24) is 18.7 Å². The summed E-state index contributed by atoms with van der Waals surface area (Å²) in [6.45, 7) is 0. The van der Waals surface area contributed by atoms with E-state index in [1.54, 1.807) is 18.7 Å². The molecule has 7 heteroatoms. The fraction of sp³-hybridized carbons (Fsp3) is 0.375. The first-order valence-corrected chi connectivity index (χ1v) is 4.11. The van der Waals surface area contributed by atoms with Crippen molar-refractivity contribution < 1.29 is 0 Å². The predicted molar refractivity (Wildman–Crippen MR) is 57.0 cm³/mol. The summed E-state index contributed by atoms with van der Waals surface area (Å²) < 4.78 is 4.04. The summed E-state index contributed by atoms with van der Waals surface area (Å²) in [6, 6.07) is 0. The minimum absolute atomic E-state index is 0. The van der Waals surface area contributed by atoms with Crippen LogP contribution >= 0.6 is 0 Å². The molecule has 6 nitrogen and oxygen atoms in total. The van der Waals surface area contributed by atoms with Gasteiger partial charge in [0.1, 0.15) is 0 Å². The van der Waals surface area contributed by atoms with Gasteiger partial charge in [-0.3, -0.25) is 13.9 Å². The van der Waals surface area contributed by atoms with Crippen LogP contribution in [-0.2, 0) is 21.1 Å². The van der Waals surface area contributed by atoms with Crippen LogP contribution in [0.25, 0.3) is 11.2 Å². The molecule has 2 heterocycles. The Morgan fingerprint density at radius 1 is 1.13 bits per heavy atom. The molecule has 4 radical (unpaired) electrons. The minimum atomic E-state index is -0.360. The van der Waals surface area contributed by atoms with Gasteiger partial charge >= 0.3 is 5.69 Å². The zero-order valence-corrected chi connectivity index (χ0v) is 12.6. The Bertz CT molecular complexity index is 622. The first-order chi connectivity index (χ1) is 6.54. The Labute approximate surface area is 105 Å². The van der Waals surface area contributed by atoms with Crippen LogP contribution in [0.5, 0.6) is 0 Å². The molecule has 15 heavy (non-hydrogen) atoms. The molecule has 0 aliphatic heterocycles. The van der Waals surface area contributed by atoms with Crippen LogP contribution in [0.3, 0.4) is 0 Å². The first-order valence-electron chi connectivity index (χ1n) is 4.11. The zero-order valence-electron chi connectivity index (χ0n) is 8.68. The molecule has 0 aliphatic rings. The molecule has 2 rings (SSSR count). The SMILES string of the molecule is Cn1c(=O)c2c(ncn2C)n(C)c1=O.[Pb]. The molecule has 0 aliphatic carbocycles. The number of hydrogen-bond donors (Lipinski definition) is 0. The van der Waals surface area contributed by atoms with Crippen LogP contribution < -0.4 is 11.2 Å². The van der Waals surface area contributed by atoms with Crippen LogP contribution in [0.2, 0.25) is 0 Å². The third-order valence-electron chi connectivity index (χ3n) is 2.32. The number of imidazole rings is 1. The molecule has 0 aromatic carbocycles. The first kappa shape index (κ1) is 12.1. The normalized spacial score (nSPS) is 10.3. The maximum Gasteiger partial charge on any atom is 0.332 e. The zero-order chi connectivity index (χ0) is 10.5. The molecule has 0 N–H and O–H groups in total. The second-order valence-electron chi connectivity index (χ2n) is 3.23. The third kappa shape index (κ3) is 1.56. The third-order valence-corrected chi connectivity index (χ3v) is 2.32. The molecule has 0 amide bonds. The van der Waals surface area contributed by atoms with Gasteiger partial charge in [-0.2, -0.15) is 0 Å². The van der Waals surface area contributed by atoms with Crippen molar-refractivity contribution in [2.24, 2.45) is 21.1 Å². The summed E-state index contributed by atoms with van der Waals surface area (Å²) in [5.74, 6) is 0. The second kappa shape index (κ2) is 3.91. The molecule has 2 aromatic heterocycles. The molecular formula is C8H10N4O2Pb. The van der Waals surface area contributed by atoms with E-state index in [2.05, 4.69) is 4.98 Å². The number of fused-ring (bicyclic) bond motifs is 1. The van der Waals surface area contributed by atoms with E-state index in [9.17, 15) is 9.59 Å². The number of aromatic nitrogens is 4. The van der Waals surface area contributed by atoms with Gasteiger partial charge in [0.25, 0.3) is 5.56 Å². The largest absolute Gasteiger partial charge is 0.332 e. The molecule has 0 atom stereocenters. The van der Waals surface area contributed by atoms with Crippen molar-refractivity contribution >= 4 is 38.5 Å². The Morgan fingerprint density at radius 3 is 2.33 bits per heavy atom. The van der Waals surface area contributed by atoms with Gasteiger partial charge in [-0.1, -0.05) is 0 Å². The number of hydrogen-bond acceptors (Lipinski definition) is 3. The fourth-order valence-electron chi connectivity index (χ4n) is 1.47. The molecule has 2 aromatic rings. The van der Waals surface area contributed by atoms with Gasteiger partial charge in [-0.05, 0) is 0 Å². The van der Waals surface area contributed by atoms with Crippen molar-refractivity contribution in [2.45, 2.75) is 0 Å². The van der Waals surface area contributed by atoms with Crippen molar-refractivity contribution in [3.63, 3.8) is 0 Å². The van der Waals surface area contributed by atoms with Gasteiger partial charge in [0.05, 0.1) is 6.33 Å². The standard InChI is InChI=1S/C8H10N4O2.Pb/c1-10-4-9-6-5(10)7(13)12(3)8(14)11(6)2;/h4H,1-3H3;. The molecule has 0 bridgehead atoms. The van der Waals surface area contributed by atoms with E-state index >= 15 is 0 Å². The monoisotopic (exact) mass is 402 g/mol. The topological polar surface area (TPSA) is 61.8 Å². The molecular weight excluding hydrogens is 391 g/mol. The maximum atomic E-state index is 11.7. The van der Waals surface area contributed by atoms with E-state index in [1.807, 2.05) is 0 Å². The van der Waals surface area contributed by atoms with E-state index in [1.165, 1.54) is 17.9 Å². The van der Waals surface area contributed by atoms with Crippen LogP contribution in [0.1, 0.15) is 0 Å². The number of nitrogens with zero attached hydrogens (tertiary/aromatic N) is 4. The van der Waals surface area contributed by atoms with E-state index in [0.717, 1.165) is 4.57 Å². The summed E-state index contributed by atoms with van der Waals surface area (Å²) in [4.78, 5) is 27.2. The summed E-state index contributed by atoms with van der Waals surface area (Å²) in [5.41, 5.74) is 0.180. The van der Waals surface area contributed by atoms with Crippen molar-refractivity contribution in [3.05, 3.63) is 27.2 Å². The van der Waals surface area contributed by atoms with E-state index in [-0.39, 0.29) is 38.5 Å². The number of aryl methyl sites for hydroxylation is 2. The Kier molecular flexibility index (Phi) is 3.17. The van der Waals surface area contributed by atoms with Crippen molar-refractivity contribution in [2.75, 3.05) is 0 Å². The van der Waals surface area contributed by atoms with Crippen LogP contribution in [0.15, 0.2) is 15.9 Å².